The summed E-state index contributed by atoms with van der Waals surface area (Å²) in [5, 5.41) is -0.0895. The quantitative estimate of drug-likeness (QED) is 0.533. The molecule has 94 valence electrons. The van der Waals surface area contributed by atoms with E-state index in [4.69, 9.17) is 27.9 Å². The van der Waals surface area contributed by atoms with Gasteiger partial charge in [-0.3, -0.25) is 4.79 Å². The van der Waals surface area contributed by atoms with E-state index in [0.717, 1.165) is 12.8 Å². The number of rotatable bonds is 7. The second-order valence-electron chi connectivity index (χ2n) is 3.83. The molecular weight excluding hydrogens is 259 g/mol. The van der Waals surface area contributed by atoms with Crippen molar-refractivity contribution in [3.8, 4) is 5.75 Å². The molecule has 0 N–H and O–H groups in total. The van der Waals surface area contributed by atoms with Crippen molar-refractivity contribution in [3.63, 3.8) is 0 Å². The summed E-state index contributed by atoms with van der Waals surface area (Å²) in [7, 11) is 0. The van der Waals surface area contributed by atoms with Crippen molar-refractivity contribution in [3.05, 3.63) is 28.8 Å². The Morgan fingerprint density at radius 1 is 1.29 bits per heavy atom. The highest BCUT2D eigenvalue weighted by atomic mass is 35.5. The topological polar surface area (TPSA) is 26.3 Å². The maximum absolute atomic E-state index is 10.9. The van der Waals surface area contributed by atoms with Crippen molar-refractivity contribution in [1.29, 1.82) is 0 Å². The van der Waals surface area contributed by atoms with Crippen molar-refractivity contribution in [2.24, 2.45) is 0 Å². The van der Waals surface area contributed by atoms with Crippen LogP contribution in [-0.2, 0) is 0 Å². The third-order valence-corrected chi connectivity index (χ3v) is 2.93. The van der Waals surface area contributed by atoms with Gasteiger partial charge < -0.3 is 4.74 Å². The molecule has 0 aromatic heterocycles. The Morgan fingerprint density at radius 3 is 2.65 bits per heavy atom. The third kappa shape index (κ3) is 4.97. The molecule has 0 fully saturated rings. The smallest absolute Gasteiger partial charge is 0.252 e. The van der Waals surface area contributed by atoms with Crippen molar-refractivity contribution < 1.29 is 9.53 Å². The van der Waals surface area contributed by atoms with Gasteiger partial charge in [-0.1, -0.05) is 37.8 Å². The molecule has 0 aliphatic carbocycles. The first-order chi connectivity index (χ1) is 8.15. The average Bonchev–Trinajstić information content (AvgIpc) is 2.30. The fourth-order valence-electron chi connectivity index (χ4n) is 1.45. The summed E-state index contributed by atoms with van der Waals surface area (Å²) in [5.41, 5.74) is 0.384. The monoisotopic (exact) mass is 274 g/mol. The molecule has 1 rings (SSSR count). The maximum atomic E-state index is 10.9. The fraction of sp³-hybridized carbons (Fsp3) is 0.462. The first kappa shape index (κ1) is 14.3. The van der Waals surface area contributed by atoms with Crippen molar-refractivity contribution >= 4 is 28.4 Å². The van der Waals surface area contributed by atoms with Crippen LogP contribution < -0.4 is 4.74 Å². The van der Waals surface area contributed by atoms with Crippen molar-refractivity contribution in [2.75, 3.05) is 6.61 Å². The maximum Gasteiger partial charge on any atom is 0.252 e. The average molecular weight is 275 g/mol. The van der Waals surface area contributed by atoms with Gasteiger partial charge in [-0.05, 0) is 36.2 Å². The van der Waals surface area contributed by atoms with Gasteiger partial charge in [0, 0.05) is 5.56 Å². The predicted molar refractivity (Wildman–Crippen MR) is 71.3 cm³/mol. The summed E-state index contributed by atoms with van der Waals surface area (Å²) >= 11 is 11.3. The lowest BCUT2D eigenvalue weighted by molar-refractivity contribution is 0.108. The van der Waals surface area contributed by atoms with E-state index in [1.165, 1.54) is 18.9 Å². The number of carbonyl (C=O) groups is 1. The molecule has 0 saturated heterocycles. The molecule has 0 bridgehead atoms. The molecule has 1 aromatic rings. The van der Waals surface area contributed by atoms with Gasteiger partial charge in [0.2, 0.25) is 0 Å². The van der Waals surface area contributed by atoms with E-state index in [1.807, 2.05) is 0 Å². The zero-order valence-electron chi connectivity index (χ0n) is 9.84. The summed E-state index contributed by atoms with van der Waals surface area (Å²) in [6.07, 6.45) is 4.59. The summed E-state index contributed by atoms with van der Waals surface area (Å²) in [6.45, 7) is 2.81. The molecule has 0 heterocycles. The number of ether oxygens (including phenoxy) is 1. The van der Waals surface area contributed by atoms with E-state index in [2.05, 4.69) is 6.92 Å². The fourth-order valence-corrected chi connectivity index (χ4v) is 1.80. The molecule has 17 heavy (non-hydrogen) atoms. The Labute approximate surface area is 112 Å². The van der Waals surface area contributed by atoms with E-state index in [-0.39, 0.29) is 0 Å². The van der Waals surface area contributed by atoms with Gasteiger partial charge in [0.1, 0.15) is 5.75 Å². The molecule has 4 heteroatoms. The predicted octanol–water partition coefficient (Wildman–Crippen LogP) is 4.68. The Morgan fingerprint density at radius 2 is 2.06 bits per heavy atom. The zero-order chi connectivity index (χ0) is 12.7. The Bertz CT molecular complexity index is 378. The van der Waals surface area contributed by atoms with Crippen LogP contribution in [0.25, 0.3) is 0 Å². The van der Waals surface area contributed by atoms with Crippen molar-refractivity contribution in [2.45, 2.75) is 32.6 Å². The Hall–Kier alpha value is -0.730. The highest BCUT2D eigenvalue weighted by molar-refractivity contribution is 6.67. The molecule has 0 spiro atoms. The van der Waals surface area contributed by atoms with Crippen LogP contribution in [0.15, 0.2) is 18.2 Å². The molecular formula is C13H16Cl2O2. The van der Waals surface area contributed by atoms with Gasteiger partial charge in [-0.2, -0.15) is 0 Å². The minimum absolute atomic E-state index is 0.384. The highest BCUT2D eigenvalue weighted by Crippen LogP contribution is 2.26. The molecule has 0 unspecified atom stereocenters. The summed E-state index contributed by atoms with van der Waals surface area (Å²) < 4.78 is 5.53. The van der Waals surface area contributed by atoms with E-state index in [1.54, 1.807) is 12.1 Å². The van der Waals surface area contributed by atoms with Crippen LogP contribution in [-0.4, -0.2) is 11.8 Å². The summed E-state index contributed by atoms with van der Waals surface area (Å²) in [6, 6.07) is 4.82. The van der Waals surface area contributed by atoms with E-state index in [0.29, 0.717) is 22.9 Å². The number of carbonyl (C=O) groups excluding carboxylic acids is 1. The van der Waals surface area contributed by atoms with E-state index < -0.39 is 5.24 Å². The van der Waals surface area contributed by atoms with Gasteiger partial charge in [0.25, 0.3) is 5.24 Å². The van der Waals surface area contributed by atoms with Crippen LogP contribution in [0.1, 0.15) is 43.0 Å². The molecule has 0 atom stereocenters. The SMILES string of the molecule is CCCCCCOc1ccc(C(=O)Cl)cc1Cl. The van der Waals surface area contributed by atoms with Gasteiger partial charge in [0.05, 0.1) is 11.6 Å². The molecule has 0 amide bonds. The van der Waals surface area contributed by atoms with Crippen LogP contribution in [0, 0.1) is 0 Å². The number of hydrogen-bond donors (Lipinski definition) is 0. The van der Waals surface area contributed by atoms with Gasteiger partial charge in [-0.15, -0.1) is 0 Å². The van der Waals surface area contributed by atoms with Gasteiger partial charge in [-0.25, -0.2) is 0 Å². The normalized spacial score (nSPS) is 10.3. The molecule has 2 nitrogen and oxygen atoms in total. The first-order valence-corrected chi connectivity index (χ1v) is 6.53. The Balaban J connectivity index is 2.46. The van der Waals surface area contributed by atoms with Gasteiger partial charge in [0.15, 0.2) is 0 Å². The number of unbranched alkanes of at least 4 members (excludes halogenated alkanes) is 3. The lowest BCUT2D eigenvalue weighted by Gasteiger charge is -2.08. The minimum atomic E-state index is -0.513. The van der Waals surface area contributed by atoms with Gasteiger partial charge >= 0.3 is 0 Å². The lowest BCUT2D eigenvalue weighted by Crippen LogP contribution is -1.98. The Kier molecular flexibility index (Phi) is 6.38. The largest absolute Gasteiger partial charge is 0.492 e. The second kappa shape index (κ2) is 7.57. The van der Waals surface area contributed by atoms with Crippen LogP contribution in [0.2, 0.25) is 5.02 Å². The van der Waals surface area contributed by atoms with E-state index in [9.17, 15) is 4.79 Å². The number of halogens is 2. The molecule has 0 aliphatic heterocycles. The summed E-state index contributed by atoms with van der Waals surface area (Å²) in [4.78, 5) is 10.9. The standard InChI is InChI=1S/C13H16Cl2O2/c1-2-3-4-5-8-17-12-7-6-10(13(15)16)9-11(12)14/h6-7,9H,2-5,8H2,1H3. The molecule has 0 saturated carbocycles. The van der Waals surface area contributed by atoms with Crippen LogP contribution in [0.4, 0.5) is 0 Å². The molecule has 0 radical (unpaired) electrons. The first-order valence-electron chi connectivity index (χ1n) is 5.77. The lowest BCUT2D eigenvalue weighted by atomic mass is 10.2. The van der Waals surface area contributed by atoms with Crippen LogP contribution >= 0.6 is 23.2 Å². The molecule has 1 aromatic carbocycles. The zero-order valence-corrected chi connectivity index (χ0v) is 11.4. The second-order valence-corrected chi connectivity index (χ2v) is 4.58. The third-order valence-electron chi connectivity index (χ3n) is 2.41. The number of hydrogen-bond acceptors (Lipinski definition) is 2. The van der Waals surface area contributed by atoms with Crippen LogP contribution in [0.5, 0.6) is 5.75 Å². The van der Waals surface area contributed by atoms with Crippen LogP contribution in [0.3, 0.4) is 0 Å². The summed E-state index contributed by atoms with van der Waals surface area (Å²) in [5.74, 6) is 0.602. The minimum Gasteiger partial charge on any atom is -0.492 e. The van der Waals surface area contributed by atoms with E-state index >= 15 is 0 Å². The number of benzene rings is 1. The van der Waals surface area contributed by atoms with Crippen molar-refractivity contribution in [1.82, 2.24) is 0 Å². The highest BCUT2D eigenvalue weighted by Gasteiger charge is 2.06. The molecule has 0 aliphatic rings.